The van der Waals surface area contributed by atoms with Crippen molar-refractivity contribution in [2.75, 3.05) is 17.7 Å². The lowest BCUT2D eigenvalue weighted by molar-refractivity contribution is -0.120. The van der Waals surface area contributed by atoms with Crippen LogP contribution in [0, 0.1) is 6.92 Å². The van der Waals surface area contributed by atoms with Gasteiger partial charge in [-0.15, -0.1) is 11.8 Å². The van der Waals surface area contributed by atoms with Crippen molar-refractivity contribution >= 4 is 35.1 Å². The number of benzene rings is 2. The number of Topliss-reactive ketones (excluding diaryl/α,β-unsaturated/α-hetero) is 1. The first kappa shape index (κ1) is 23.1. The molecule has 0 unspecified atom stereocenters. The molecule has 3 aromatic rings. The molecular formula is C23H23N3O5S. The molecule has 1 N–H and O–H groups in total. The van der Waals surface area contributed by atoms with Crippen LogP contribution in [-0.2, 0) is 21.4 Å². The number of para-hydroxylation sites is 1. The van der Waals surface area contributed by atoms with Gasteiger partial charge in [0.05, 0.1) is 22.7 Å². The van der Waals surface area contributed by atoms with E-state index < -0.39 is 5.97 Å². The van der Waals surface area contributed by atoms with E-state index in [0.717, 1.165) is 11.8 Å². The summed E-state index contributed by atoms with van der Waals surface area (Å²) in [4.78, 5) is 49.4. The van der Waals surface area contributed by atoms with Crippen molar-refractivity contribution in [2.24, 2.45) is 7.05 Å². The van der Waals surface area contributed by atoms with Gasteiger partial charge in [-0.3, -0.25) is 19.1 Å². The lowest BCUT2D eigenvalue weighted by Crippen LogP contribution is -2.23. The molecule has 0 aliphatic rings. The minimum absolute atomic E-state index is 0.0177. The molecule has 1 aromatic heterocycles. The quantitative estimate of drug-likeness (QED) is 0.416. The summed E-state index contributed by atoms with van der Waals surface area (Å²) < 4.78 is 8.14. The van der Waals surface area contributed by atoms with Gasteiger partial charge in [0.1, 0.15) is 12.3 Å². The number of amides is 1. The zero-order chi connectivity index (χ0) is 23.3. The smallest absolute Gasteiger partial charge is 0.339 e. The van der Waals surface area contributed by atoms with Crippen LogP contribution in [0.25, 0.3) is 5.69 Å². The molecule has 166 valence electrons. The molecule has 0 saturated carbocycles. The third-order valence-corrected chi connectivity index (χ3v) is 5.76. The maximum absolute atomic E-state index is 12.9. The summed E-state index contributed by atoms with van der Waals surface area (Å²) in [6.07, 6.45) is 0. The number of esters is 1. The van der Waals surface area contributed by atoms with Gasteiger partial charge in [0, 0.05) is 11.9 Å². The van der Waals surface area contributed by atoms with Gasteiger partial charge in [0.2, 0.25) is 5.91 Å². The number of ether oxygens (including phenoxy) is 1. The summed E-state index contributed by atoms with van der Waals surface area (Å²) in [5.74, 6) is -1.29. The monoisotopic (exact) mass is 453 g/mol. The van der Waals surface area contributed by atoms with Crippen LogP contribution in [0.2, 0.25) is 0 Å². The van der Waals surface area contributed by atoms with E-state index in [-0.39, 0.29) is 40.9 Å². The molecule has 1 amide bonds. The number of carbonyl (C=O) groups is 3. The van der Waals surface area contributed by atoms with Crippen molar-refractivity contribution in [3.05, 3.63) is 76.2 Å². The Bertz CT molecular complexity index is 1210. The van der Waals surface area contributed by atoms with Crippen LogP contribution < -0.4 is 10.9 Å². The van der Waals surface area contributed by atoms with Crippen LogP contribution in [0.4, 0.5) is 5.69 Å². The van der Waals surface area contributed by atoms with E-state index in [2.05, 4.69) is 5.32 Å². The minimum atomic E-state index is -0.631. The zero-order valence-corrected chi connectivity index (χ0v) is 18.8. The first-order valence-corrected chi connectivity index (χ1v) is 10.8. The summed E-state index contributed by atoms with van der Waals surface area (Å²) in [5.41, 5.74) is 1.45. The van der Waals surface area contributed by atoms with Crippen molar-refractivity contribution in [1.82, 2.24) is 9.36 Å². The van der Waals surface area contributed by atoms with Gasteiger partial charge in [-0.2, -0.15) is 0 Å². The highest BCUT2D eigenvalue weighted by molar-refractivity contribution is 8.00. The molecule has 8 nitrogen and oxygen atoms in total. The number of rotatable bonds is 8. The maximum Gasteiger partial charge on any atom is 0.339 e. The molecule has 1 heterocycles. The summed E-state index contributed by atoms with van der Waals surface area (Å²) in [6, 6.07) is 15.8. The molecule has 0 spiro atoms. The van der Waals surface area contributed by atoms with Crippen LogP contribution >= 0.6 is 11.8 Å². The van der Waals surface area contributed by atoms with Crippen molar-refractivity contribution in [1.29, 1.82) is 0 Å². The number of hydrogen-bond donors (Lipinski definition) is 1. The van der Waals surface area contributed by atoms with E-state index in [1.165, 1.54) is 11.6 Å². The minimum Gasteiger partial charge on any atom is -0.454 e. The first-order chi connectivity index (χ1) is 15.3. The van der Waals surface area contributed by atoms with Crippen molar-refractivity contribution < 1.29 is 19.1 Å². The van der Waals surface area contributed by atoms with Crippen molar-refractivity contribution in [3.63, 3.8) is 0 Å². The molecular weight excluding hydrogens is 430 g/mol. The number of ketones is 1. The average Bonchev–Trinajstić information content (AvgIpc) is 2.99. The van der Waals surface area contributed by atoms with Crippen LogP contribution in [0.15, 0.2) is 64.3 Å². The Labute approximate surface area is 189 Å². The molecule has 0 radical (unpaired) electrons. The Morgan fingerprint density at radius 1 is 1.03 bits per heavy atom. The Kier molecular flexibility index (Phi) is 7.32. The van der Waals surface area contributed by atoms with E-state index in [4.69, 9.17) is 4.74 Å². The topological polar surface area (TPSA) is 99.4 Å². The van der Waals surface area contributed by atoms with Crippen molar-refractivity contribution in [2.45, 2.75) is 18.7 Å². The molecule has 3 rings (SSSR count). The Morgan fingerprint density at radius 3 is 2.38 bits per heavy atom. The van der Waals surface area contributed by atoms with Crippen LogP contribution in [0.3, 0.4) is 0 Å². The highest BCUT2D eigenvalue weighted by Crippen LogP contribution is 2.24. The highest BCUT2D eigenvalue weighted by atomic mass is 32.2. The fourth-order valence-corrected chi connectivity index (χ4v) is 3.88. The number of carbonyl (C=O) groups excluding carboxylic acids is 3. The third-order valence-electron chi connectivity index (χ3n) is 4.69. The molecule has 32 heavy (non-hydrogen) atoms. The Morgan fingerprint density at radius 2 is 1.69 bits per heavy atom. The van der Waals surface area contributed by atoms with E-state index in [9.17, 15) is 19.2 Å². The summed E-state index contributed by atoms with van der Waals surface area (Å²) in [7, 11) is 1.75. The molecule has 0 bridgehead atoms. The molecule has 2 aromatic carbocycles. The first-order valence-electron chi connectivity index (χ1n) is 9.82. The fraction of sp³-hybridized carbons (Fsp3) is 0.217. The van der Waals surface area contributed by atoms with Crippen LogP contribution in [0.1, 0.15) is 23.0 Å². The van der Waals surface area contributed by atoms with Gasteiger partial charge < -0.3 is 10.1 Å². The van der Waals surface area contributed by atoms with Gasteiger partial charge in [0.25, 0.3) is 5.56 Å². The largest absolute Gasteiger partial charge is 0.454 e. The van der Waals surface area contributed by atoms with Gasteiger partial charge in [-0.25, -0.2) is 9.48 Å². The predicted octanol–water partition coefficient (Wildman–Crippen LogP) is 2.96. The normalized spacial score (nSPS) is 10.6. The van der Waals surface area contributed by atoms with Crippen LogP contribution in [0.5, 0.6) is 0 Å². The third kappa shape index (κ3) is 5.17. The number of aromatic nitrogens is 2. The van der Waals surface area contributed by atoms with Gasteiger partial charge in [-0.05, 0) is 38.1 Å². The van der Waals surface area contributed by atoms with Crippen molar-refractivity contribution in [3.8, 4) is 5.69 Å². The zero-order valence-electron chi connectivity index (χ0n) is 18.0. The SMILES string of the molecule is CC(=O)COC(=O)c1ccccc1SCC(=O)Nc1c(C)n(C)n(-c2ccccc2)c1=O. The predicted molar refractivity (Wildman–Crippen MR) is 123 cm³/mol. The van der Waals surface area contributed by atoms with Gasteiger partial charge in [-0.1, -0.05) is 30.3 Å². The maximum atomic E-state index is 12.9. The second kappa shape index (κ2) is 10.1. The summed E-state index contributed by atoms with van der Waals surface area (Å²) in [6.45, 7) is 2.78. The molecule has 0 aliphatic carbocycles. The summed E-state index contributed by atoms with van der Waals surface area (Å²) in [5, 5.41) is 2.69. The van der Waals surface area contributed by atoms with E-state index in [0.29, 0.717) is 16.3 Å². The van der Waals surface area contributed by atoms with Gasteiger partial charge in [0.15, 0.2) is 5.78 Å². The highest BCUT2D eigenvalue weighted by Gasteiger charge is 2.19. The number of hydrogen-bond acceptors (Lipinski definition) is 6. The van der Waals surface area contributed by atoms with Crippen LogP contribution in [-0.4, -0.2) is 39.4 Å². The standard InChI is InChI=1S/C23H23N3O5S/c1-15(27)13-31-23(30)18-11-7-8-12-19(18)32-14-20(28)24-21-16(2)25(3)26(22(21)29)17-9-5-4-6-10-17/h4-12H,13-14H2,1-3H3,(H,24,28). The van der Waals surface area contributed by atoms with E-state index >= 15 is 0 Å². The molecule has 0 atom stereocenters. The average molecular weight is 454 g/mol. The fourth-order valence-electron chi connectivity index (χ4n) is 3.04. The molecule has 0 aliphatic heterocycles. The van der Waals surface area contributed by atoms with E-state index in [1.54, 1.807) is 42.9 Å². The van der Waals surface area contributed by atoms with E-state index in [1.807, 2.05) is 30.3 Å². The molecule has 0 saturated heterocycles. The second-order valence-corrected chi connectivity index (χ2v) is 8.06. The Hall–Kier alpha value is -3.59. The molecule has 0 fully saturated rings. The lowest BCUT2D eigenvalue weighted by atomic mass is 10.2. The van der Waals surface area contributed by atoms with Gasteiger partial charge >= 0.3 is 5.97 Å². The number of nitrogens with zero attached hydrogens (tertiary/aromatic N) is 2. The molecule has 9 heteroatoms. The second-order valence-electron chi connectivity index (χ2n) is 7.05. The number of nitrogens with one attached hydrogen (secondary N) is 1. The lowest BCUT2D eigenvalue weighted by Gasteiger charge is -2.09. The summed E-state index contributed by atoms with van der Waals surface area (Å²) >= 11 is 1.14. The number of anilines is 1. The number of thioether (sulfide) groups is 1. The Balaban J connectivity index is 1.73.